The van der Waals surface area contributed by atoms with Gasteiger partial charge in [0, 0.05) is 11.1 Å². The molecule has 0 aliphatic carbocycles. The Balaban J connectivity index is 1.96. The van der Waals surface area contributed by atoms with Gasteiger partial charge in [-0.1, -0.05) is 143 Å². The van der Waals surface area contributed by atoms with Crippen LogP contribution in [-0.2, 0) is 0 Å². The first kappa shape index (κ1) is 39.9. The van der Waals surface area contributed by atoms with Gasteiger partial charge in [0.25, 0.3) is 0 Å². The van der Waals surface area contributed by atoms with E-state index in [9.17, 15) is 0 Å². The molecule has 0 atom stereocenters. The van der Waals surface area contributed by atoms with E-state index in [1.807, 2.05) is 0 Å². The van der Waals surface area contributed by atoms with E-state index in [0.717, 1.165) is 0 Å². The number of hydrogen-bond acceptors (Lipinski definition) is 0. The number of rotatable bonds is 12. The number of hydrogen-bond donors (Lipinski definition) is 0. The Kier molecular flexibility index (Phi) is 12.9. The van der Waals surface area contributed by atoms with Gasteiger partial charge < -0.3 is 0 Å². The predicted octanol–water partition coefficient (Wildman–Crippen LogP) is 14.9. The van der Waals surface area contributed by atoms with Crippen LogP contribution in [0.15, 0.2) is 72.8 Å². The molecule has 5 rings (SSSR count). The molecule has 0 saturated carbocycles. The van der Waals surface area contributed by atoms with Crippen LogP contribution in [0.4, 0.5) is 0 Å². The molecular formula is C50H66Si2. The van der Waals surface area contributed by atoms with E-state index in [1.165, 1.54) is 90.5 Å². The molecule has 52 heavy (non-hydrogen) atoms. The summed E-state index contributed by atoms with van der Waals surface area (Å²) in [5.74, 6) is 12.0. The van der Waals surface area contributed by atoms with E-state index >= 15 is 0 Å². The van der Waals surface area contributed by atoms with Crippen LogP contribution in [0.2, 0.25) is 36.3 Å². The Bertz CT molecular complexity index is 1840. The van der Waals surface area contributed by atoms with Gasteiger partial charge in [-0.2, -0.15) is 0 Å². The normalized spacial score (nSPS) is 12.7. The van der Waals surface area contributed by atoms with Crippen molar-refractivity contribution in [2.75, 3.05) is 0 Å². The van der Waals surface area contributed by atoms with Gasteiger partial charge in [0.1, 0.15) is 16.1 Å². The van der Waals surface area contributed by atoms with E-state index in [0.29, 0.717) is 35.5 Å². The third kappa shape index (κ3) is 9.62. The maximum atomic E-state index is 4.22. The van der Waals surface area contributed by atoms with Crippen LogP contribution in [0.3, 0.4) is 0 Å². The van der Waals surface area contributed by atoms with Crippen molar-refractivity contribution in [1.29, 1.82) is 0 Å². The summed E-state index contributed by atoms with van der Waals surface area (Å²) in [6.45, 7) is 28.9. The maximum Gasteiger partial charge on any atom is 0.139 e. The minimum Gasteiger partial charge on any atom is -0.126 e. The van der Waals surface area contributed by atoms with Gasteiger partial charge >= 0.3 is 0 Å². The SMILES string of the molecule is CC(C)C[Si](C#Cc1c2cc3ccccc3cc2c(C#C[Si](CC(C)C)(CC(C)C)CC(C)C)c2cc3ccccc3cc12)(CC(C)C)CC(C)C. The smallest absolute Gasteiger partial charge is 0.126 e. The Morgan fingerprint density at radius 2 is 0.577 bits per heavy atom. The molecule has 274 valence electrons. The lowest BCUT2D eigenvalue weighted by Crippen LogP contribution is -2.37. The molecule has 0 unspecified atom stereocenters. The summed E-state index contributed by atoms with van der Waals surface area (Å²) in [6, 6.07) is 35.1. The minimum absolute atomic E-state index is 0.643. The highest BCUT2D eigenvalue weighted by molar-refractivity contribution is 6.88. The van der Waals surface area contributed by atoms with Crippen molar-refractivity contribution in [3.63, 3.8) is 0 Å². The third-order valence-corrected chi connectivity index (χ3v) is 21.4. The van der Waals surface area contributed by atoms with Gasteiger partial charge in [-0.3, -0.25) is 0 Å². The third-order valence-electron chi connectivity index (χ3n) is 10.5. The topological polar surface area (TPSA) is 0 Å². The highest BCUT2D eigenvalue weighted by Gasteiger charge is 2.35. The molecule has 0 bridgehead atoms. The Labute approximate surface area is 319 Å². The van der Waals surface area contributed by atoms with E-state index < -0.39 is 16.1 Å². The fourth-order valence-electron chi connectivity index (χ4n) is 9.75. The predicted molar refractivity (Wildman–Crippen MR) is 240 cm³/mol. The number of benzene rings is 5. The molecule has 0 radical (unpaired) electrons. The molecular weight excluding hydrogens is 657 g/mol. The van der Waals surface area contributed by atoms with Crippen LogP contribution in [-0.4, -0.2) is 16.1 Å². The summed E-state index contributed by atoms with van der Waals surface area (Å²) >= 11 is 0. The van der Waals surface area contributed by atoms with Crippen molar-refractivity contribution >= 4 is 59.2 Å². The van der Waals surface area contributed by atoms with Gasteiger partial charge in [-0.05, 0) is 139 Å². The molecule has 2 heteroatoms. The zero-order valence-electron chi connectivity index (χ0n) is 34.6. The standard InChI is InChI=1S/C50H66Si2/c1-35(2)29-51(30-36(3)4,31-37(5)6)23-21-45-47-25-41-17-13-15-19-43(41)27-49(47)46(50-28-44-20-16-14-18-42(44)26-48(45)50)22-24-52(32-38(7)8,33-39(9)10)34-40(11)12/h13-20,25-28,35-40H,29-34H2,1-12H3. The van der Waals surface area contributed by atoms with Crippen LogP contribution in [0.5, 0.6) is 0 Å². The minimum atomic E-state index is -1.93. The fourth-order valence-corrected chi connectivity index (χ4v) is 21.5. The fraction of sp³-hybridized carbons (Fsp3) is 0.480. The van der Waals surface area contributed by atoms with Gasteiger partial charge in [-0.25, -0.2) is 0 Å². The molecule has 0 fully saturated rings. The average Bonchev–Trinajstić information content (AvgIpc) is 3.02. The van der Waals surface area contributed by atoms with Crippen molar-refractivity contribution in [3.05, 3.63) is 83.9 Å². The molecule has 0 saturated heterocycles. The van der Waals surface area contributed by atoms with Crippen molar-refractivity contribution in [2.45, 2.75) is 119 Å². The van der Waals surface area contributed by atoms with Crippen LogP contribution in [0.1, 0.15) is 94.2 Å². The molecule has 0 aliphatic heterocycles. The van der Waals surface area contributed by atoms with E-state index in [2.05, 4.69) is 179 Å². The zero-order valence-corrected chi connectivity index (χ0v) is 36.6. The molecule has 0 heterocycles. The summed E-state index contributed by atoms with van der Waals surface area (Å²) in [5, 5.41) is 10.2. The Hall–Kier alpha value is -3.31. The molecule has 0 spiro atoms. The van der Waals surface area contributed by atoms with E-state index in [-0.39, 0.29) is 0 Å². The highest BCUT2D eigenvalue weighted by Crippen LogP contribution is 2.39. The average molecular weight is 723 g/mol. The van der Waals surface area contributed by atoms with Crippen molar-refractivity contribution in [1.82, 2.24) is 0 Å². The molecule has 5 aromatic rings. The second-order valence-corrected chi connectivity index (χ2v) is 27.0. The number of fused-ring (bicyclic) bond motifs is 4. The van der Waals surface area contributed by atoms with Crippen LogP contribution >= 0.6 is 0 Å². The van der Waals surface area contributed by atoms with Crippen molar-refractivity contribution in [2.24, 2.45) is 35.5 Å². The first-order valence-corrected chi connectivity index (χ1v) is 25.7. The quantitative estimate of drug-likeness (QED) is 0.0683. The lowest BCUT2D eigenvalue weighted by molar-refractivity contribution is 0.650. The highest BCUT2D eigenvalue weighted by atomic mass is 28.3. The largest absolute Gasteiger partial charge is 0.139 e. The van der Waals surface area contributed by atoms with Gasteiger partial charge in [0.15, 0.2) is 0 Å². The van der Waals surface area contributed by atoms with Crippen LogP contribution in [0.25, 0.3) is 43.1 Å². The summed E-state index contributed by atoms with van der Waals surface area (Å²) in [6.07, 6.45) is 0. The summed E-state index contributed by atoms with van der Waals surface area (Å²) in [4.78, 5) is 0. The van der Waals surface area contributed by atoms with E-state index in [4.69, 9.17) is 0 Å². The molecule has 5 aromatic carbocycles. The van der Waals surface area contributed by atoms with Crippen molar-refractivity contribution < 1.29 is 0 Å². The van der Waals surface area contributed by atoms with Gasteiger partial charge in [0.2, 0.25) is 0 Å². The van der Waals surface area contributed by atoms with Crippen molar-refractivity contribution in [3.8, 4) is 22.9 Å². The Morgan fingerprint density at radius 1 is 0.365 bits per heavy atom. The monoisotopic (exact) mass is 722 g/mol. The van der Waals surface area contributed by atoms with Gasteiger partial charge in [0.05, 0.1) is 0 Å². The maximum absolute atomic E-state index is 4.22. The van der Waals surface area contributed by atoms with Crippen LogP contribution in [0, 0.1) is 58.4 Å². The Morgan fingerprint density at radius 3 is 0.769 bits per heavy atom. The molecule has 0 nitrogen and oxygen atoms in total. The first-order chi connectivity index (χ1) is 24.6. The lowest BCUT2D eigenvalue weighted by atomic mass is 9.89. The summed E-state index contributed by atoms with van der Waals surface area (Å²) in [7, 11) is -3.87. The van der Waals surface area contributed by atoms with E-state index in [1.54, 1.807) is 0 Å². The molecule has 0 amide bonds. The lowest BCUT2D eigenvalue weighted by Gasteiger charge is -2.31. The molecule has 0 N–H and O–H groups in total. The summed E-state index contributed by atoms with van der Waals surface area (Å²) in [5.41, 5.74) is 10.9. The molecule has 0 aromatic heterocycles. The second-order valence-electron chi connectivity index (χ2n) is 18.9. The van der Waals surface area contributed by atoms with Gasteiger partial charge in [-0.15, -0.1) is 11.1 Å². The first-order valence-electron chi connectivity index (χ1n) is 20.5. The summed E-state index contributed by atoms with van der Waals surface area (Å²) < 4.78 is 0. The molecule has 0 aliphatic rings. The van der Waals surface area contributed by atoms with Crippen LogP contribution < -0.4 is 0 Å². The second kappa shape index (κ2) is 16.8. The zero-order chi connectivity index (χ0) is 37.8.